The van der Waals surface area contributed by atoms with Crippen LogP contribution in [0.1, 0.15) is 20.3 Å². The summed E-state index contributed by atoms with van der Waals surface area (Å²) in [7, 11) is 0. The van der Waals surface area contributed by atoms with Crippen molar-refractivity contribution in [3.8, 4) is 6.07 Å². The summed E-state index contributed by atoms with van der Waals surface area (Å²) in [6.07, 6.45) is 0.855. The molecule has 0 bridgehead atoms. The summed E-state index contributed by atoms with van der Waals surface area (Å²) in [5, 5.41) is 13.4. The highest BCUT2D eigenvalue weighted by atomic mass is 16.2. The van der Waals surface area contributed by atoms with Gasteiger partial charge in [0.25, 0.3) is 0 Å². The van der Waals surface area contributed by atoms with Crippen molar-refractivity contribution in [2.45, 2.75) is 20.3 Å². The van der Waals surface area contributed by atoms with Gasteiger partial charge >= 0.3 is 0 Å². The molecule has 1 atom stereocenters. The number of amides is 2. The molecule has 0 aromatic carbocycles. The van der Waals surface area contributed by atoms with Gasteiger partial charge < -0.3 is 10.6 Å². The first kappa shape index (κ1) is 12.4. The fourth-order valence-electron chi connectivity index (χ4n) is 0.706. The molecule has 0 saturated heterocycles. The van der Waals surface area contributed by atoms with Crippen LogP contribution >= 0.6 is 0 Å². The van der Waals surface area contributed by atoms with Crippen LogP contribution in [0.3, 0.4) is 0 Å². The Labute approximate surface area is 83.5 Å². The minimum atomic E-state index is -0.714. The topological polar surface area (TPSA) is 82.0 Å². The average molecular weight is 197 g/mol. The van der Waals surface area contributed by atoms with Crippen LogP contribution in [0.5, 0.6) is 0 Å². The van der Waals surface area contributed by atoms with Crippen LogP contribution in [0.2, 0.25) is 0 Å². The van der Waals surface area contributed by atoms with E-state index in [4.69, 9.17) is 5.26 Å². The van der Waals surface area contributed by atoms with Crippen LogP contribution in [-0.4, -0.2) is 24.9 Å². The average Bonchev–Trinajstić information content (AvgIpc) is 2.21. The van der Waals surface area contributed by atoms with Crippen molar-refractivity contribution in [1.82, 2.24) is 10.6 Å². The smallest absolute Gasteiger partial charge is 0.239 e. The Balaban J connectivity index is 3.68. The first-order valence-electron chi connectivity index (χ1n) is 4.55. The molecular formula is C9H15N3O2. The maximum absolute atomic E-state index is 11.0. The molecule has 0 aromatic rings. The van der Waals surface area contributed by atoms with Crippen molar-refractivity contribution in [2.24, 2.45) is 5.92 Å². The Kier molecular flexibility index (Phi) is 6.12. The summed E-state index contributed by atoms with van der Waals surface area (Å²) < 4.78 is 0. The first-order chi connectivity index (χ1) is 6.61. The number of nitriles is 1. The van der Waals surface area contributed by atoms with Crippen LogP contribution in [0, 0.1) is 17.2 Å². The molecule has 1 unspecified atom stereocenters. The Morgan fingerprint density at radius 2 is 2.07 bits per heavy atom. The van der Waals surface area contributed by atoms with E-state index in [1.54, 1.807) is 6.07 Å². The molecule has 0 heterocycles. The summed E-state index contributed by atoms with van der Waals surface area (Å²) in [6, 6.07) is 1.79. The molecular weight excluding hydrogens is 182 g/mol. The van der Waals surface area contributed by atoms with Gasteiger partial charge in [0.15, 0.2) is 0 Å². The van der Waals surface area contributed by atoms with Crippen LogP contribution in [-0.2, 0) is 9.59 Å². The molecule has 5 heteroatoms. The lowest BCUT2D eigenvalue weighted by Crippen LogP contribution is -2.39. The number of hydrogen-bond donors (Lipinski definition) is 2. The molecule has 0 rings (SSSR count). The lowest BCUT2D eigenvalue weighted by molar-refractivity contribution is -0.127. The highest BCUT2D eigenvalue weighted by molar-refractivity contribution is 5.86. The van der Waals surface area contributed by atoms with Crippen molar-refractivity contribution in [1.29, 1.82) is 5.26 Å². The molecule has 0 aliphatic carbocycles. The van der Waals surface area contributed by atoms with Crippen molar-refractivity contribution >= 4 is 11.8 Å². The Hall–Kier alpha value is -1.57. The van der Waals surface area contributed by atoms with E-state index in [1.807, 2.05) is 6.92 Å². The molecule has 0 radical (unpaired) electrons. The Bertz CT molecular complexity index is 245. The van der Waals surface area contributed by atoms with E-state index in [0.29, 0.717) is 6.54 Å². The number of carbonyl (C=O) groups excluding carboxylic acids is 2. The van der Waals surface area contributed by atoms with Gasteiger partial charge in [-0.1, -0.05) is 6.92 Å². The van der Waals surface area contributed by atoms with E-state index in [9.17, 15) is 9.59 Å². The van der Waals surface area contributed by atoms with E-state index in [-0.39, 0.29) is 12.5 Å². The molecule has 0 saturated carbocycles. The van der Waals surface area contributed by atoms with Gasteiger partial charge in [-0.2, -0.15) is 5.26 Å². The minimum Gasteiger partial charge on any atom is -0.355 e. The zero-order chi connectivity index (χ0) is 11.0. The highest BCUT2D eigenvalue weighted by Gasteiger charge is 2.11. The second-order valence-corrected chi connectivity index (χ2v) is 2.92. The summed E-state index contributed by atoms with van der Waals surface area (Å²) in [5.41, 5.74) is 0. The van der Waals surface area contributed by atoms with Gasteiger partial charge in [-0.3, -0.25) is 9.59 Å². The van der Waals surface area contributed by atoms with Crippen molar-refractivity contribution in [2.75, 3.05) is 13.1 Å². The largest absolute Gasteiger partial charge is 0.355 e. The third-order valence-corrected chi connectivity index (χ3v) is 1.58. The SMILES string of the molecule is CCCNC(=O)CNC(=O)C(C)C#N. The van der Waals surface area contributed by atoms with Crippen LogP contribution < -0.4 is 10.6 Å². The highest BCUT2D eigenvalue weighted by Crippen LogP contribution is 1.89. The van der Waals surface area contributed by atoms with Gasteiger partial charge in [-0.05, 0) is 13.3 Å². The molecule has 0 spiro atoms. The quantitative estimate of drug-likeness (QED) is 0.639. The van der Waals surface area contributed by atoms with E-state index in [0.717, 1.165) is 6.42 Å². The van der Waals surface area contributed by atoms with Crippen molar-refractivity contribution in [3.05, 3.63) is 0 Å². The molecule has 2 amide bonds. The van der Waals surface area contributed by atoms with E-state index >= 15 is 0 Å². The third-order valence-electron chi connectivity index (χ3n) is 1.58. The van der Waals surface area contributed by atoms with Gasteiger partial charge in [-0.25, -0.2) is 0 Å². The molecule has 5 nitrogen and oxygen atoms in total. The fourth-order valence-corrected chi connectivity index (χ4v) is 0.706. The third kappa shape index (κ3) is 5.14. The molecule has 0 fully saturated rings. The number of nitrogens with one attached hydrogen (secondary N) is 2. The standard InChI is InChI=1S/C9H15N3O2/c1-3-4-11-8(13)6-12-9(14)7(2)5-10/h7H,3-4,6H2,1-2H3,(H,11,13)(H,12,14). The summed E-state index contributed by atoms with van der Waals surface area (Å²) >= 11 is 0. The van der Waals surface area contributed by atoms with Crippen LogP contribution in [0.15, 0.2) is 0 Å². The normalized spacial score (nSPS) is 11.2. The summed E-state index contributed by atoms with van der Waals surface area (Å²) in [4.78, 5) is 22.0. The molecule has 0 aromatic heterocycles. The van der Waals surface area contributed by atoms with Gasteiger partial charge in [0.2, 0.25) is 11.8 Å². The molecule has 0 aliphatic rings. The fraction of sp³-hybridized carbons (Fsp3) is 0.667. The zero-order valence-electron chi connectivity index (χ0n) is 8.46. The van der Waals surface area contributed by atoms with Crippen LogP contribution in [0.4, 0.5) is 0 Å². The van der Waals surface area contributed by atoms with Gasteiger partial charge in [-0.15, -0.1) is 0 Å². The lowest BCUT2D eigenvalue weighted by atomic mass is 10.2. The minimum absolute atomic E-state index is 0.0646. The number of carbonyl (C=O) groups is 2. The van der Waals surface area contributed by atoms with Crippen LogP contribution in [0.25, 0.3) is 0 Å². The second kappa shape index (κ2) is 6.89. The Morgan fingerprint density at radius 3 is 2.57 bits per heavy atom. The van der Waals surface area contributed by atoms with E-state index < -0.39 is 11.8 Å². The summed E-state index contributed by atoms with van der Waals surface area (Å²) in [6.45, 7) is 3.96. The van der Waals surface area contributed by atoms with E-state index in [1.165, 1.54) is 6.92 Å². The van der Waals surface area contributed by atoms with Crippen molar-refractivity contribution in [3.63, 3.8) is 0 Å². The molecule has 2 N–H and O–H groups in total. The van der Waals surface area contributed by atoms with Gasteiger partial charge in [0, 0.05) is 6.54 Å². The molecule has 0 aliphatic heterocycles. The molecule has 78 valence electrons. The maximum atomic E-state index is 11.0. The number of rotatable bonds is 5. The first-order valence-corrected chi connectivity index (χ1v) is 4.55. The monoisotopic (exact) mass is 197 g/mol. The zero-order valence-corrected chi connectivity index (χ0v) is 8.46. The van der Waals surface area contributed by atoms with Gasteiger partial charge in [0.05, 0.1) is 12.6 Å². The Morgan fingerprint density at radius 1 is 1.43 bits per heavy atom. The lowest BCUT2D eigenvalue weighted by Gasteiger charge is -2.06. The van der Waals surface area contributed by atoms with Crippen molar-refractivity contribution < 1.29 is 9.59 Å². The number of nitrogens with zero attached hydrogens (tertiary/aromatic N) is 1. The molecule has 14 heavy (non-hydrogen) atoms. The predicted octanol–water partition coefficient (Wildman–Crippen LogP) is -0.212. The second-order valence-electron chi connectivity index (χ2n) is 2.92. The number of hydrogen-bond acceptors (Lipinski definition) is 3. The van der Waals surface area contributed by atoms with E-state index in [2.05, 4.69) is 10.6 Å². The predicted molar refractivity (Wildman–Crippen MR) is 51.1 cm³/mol. The van der Waals surface area contributed by atoms with Gasteiger partial charge in [0.1, 0.15) is 5.92 Å². The summed E-state index contributed by atoms with van der Waals surface area (Å²) in [5.74, 6) is -1.36. The maximum Gasteiger partial charge on any atom is 0.239 e.